The molecule has 5 nitrogen and oxygen atoms in total. The zero-order chi connectivity index (χ0) is 16.2. The first-order chi connectivity index (χ1) is 11.1. The number of nitrogens with zero attached hydrogens (tertiary/aromatic N) is 1. The molecule has 126 valence electrons. The monoisotopic (exact) mass is 352 g/mol. The van der Waals surface area contributed by atoms with Gasteiger partial charge in [-0.3, -0.25) is 10.9 Å². The van der Waals surface area contributed by atoms with Crippen LogP contribution in [-0.4, -0.2) is 52.9 Å². The molecule has 2 aliphatic heterocycles. The minimum Gasteiger partial charge on any atom is -0.323 e. The lowest BCUT2D eigenvalue weighted by Gasteiger charge is -2.27. The topological polar surface area (TPSA) is 56.4 Å². The first-order valence-corrected chi connectivity index (χ1v) is 10.1. The van der Waals surface area contributed by atoms with Crippen molar-refractivity contribution in [2.24, 2.45) is 0 Å². The van der Waals surface area contributed by atoms with E-state index in [9.17, 15) is 4.79 Å². The van der Waals surface area contributed by atoms with Crippen LogP contribution in [0.2, 0.25) is 0 Å². The predicted octanol–water partition coefficient (Wildman–Crippen LogP) is 2.61. The Morgan fingerprint density at radius 3 is 2.57 bits per heavy atom. The van der Waals surface area contributed by atoms with Crippen LogP contribution in [0, 0.1) is 0 Å². The van der Waals surface area contributed by atoms with Crippen LogP contribution in [0.1, 0.15) is 13.8 Å². The Morgan fingerprint density at radius 1 is 1.22 bits per heavy atom. The van der Waals surface area contributed by atoms with Crippen LogP contribution in [0.4, 0.5) is 10.5 Å². The minimum absolute atomic E-state index is 0.0159. The van der Waals surface area contributed by atoms with Gasteiger partial charge >= 0.3 is 6.03 Å². The van der Waals surface area contributed by atoms with Crippen LogP contribution in [-0.2, 0) is 0 Å². The molecule has 2 atom stereocenters. The number of hydrogen-bond donors (Lipinski definition) is 3. The highest BCUT2D eigenvalue weighted by Crippen LogP contribution is 2.34. The van der Waals surface area contributed by atoms with E-state index in [4.69, 9.17) is 0 Å². The molecule has 2 amide bonds. The molecule has 23 heavy (non-hydrogen) atoms. The third kappa shape index (κ3) is 4.15. The number of para-hydroxylation sites is 1. The van der Waals surface area contributed by atoms with E-state index >= 15 is 0 Å². The number of carbonyl (C=O) groups is 1. The van der Waals surface area contributed by atoms with Gasteiger partial charge in [0.05, 0.1) is 5.69 Å². The third-order valence-corrected chi connectivity index (χ3v) is 6.86. The van der Waals surface area contributed by atoms with Gasteiger partial charge in [-0.1, -0.05) is 12.1 Å². The molecule has 2 fully saturated rings. The van der Waals surface area contributed by atoms with Crippen molar-refractivity contribution in [3.8, 4) is 0 Å². The van der Waals surface area contributed by atoms with Crippen LogP contribution in [0.15, 0.2) is 29.2 Å². The summed E-state index contributed by atoms with van der Waals surface area (Å²) < 4.78 is 0. The molecule has 0 aliphatic carbocycles. The van der Waals surface area contributed by atoms with Crippen molar-refractivity contribution in [1.29, 1.82) is 0 Å². The van der Waals surface area contributed by atoms with Gasteiger partial charge in [-0.05, 0) is 26.0 Å². The summed E-state index contributed by atoms with van der Waals surface area (Å²) in [6.45, 7) is 6.02. The highest BCUT2D eigenvalue weighted by atomic mass is 32.2. The SMILES string of the molecule is CC1NNC(C)C1Sc1ccccc1NC(=O)N1CCSCC1. The van der Waals surface area contributed by atoms with Gasteiger partial charge in [-0.25, -0.2) is 4.79 Å². The van der Waals surface area contributed by atoms with Crippen molar-refractivity contribution in [2.45, 2.75) is 36.1 Å². The van der Waals surface area contributed by atoms with E-state index in [1.54, 1.807) is 0 Å². The van der Waals surface area contributed by atoms with Crippen LogP contribution in [0.5, 0.6) is 0 Å². The molecule has 1 aromatic rings. The predicted molar refractivity (Wildman–Crippen MR) is 99.2 cm³/mol. The maximum atomic E-state index is 12.5. The van der Waals surface area contributed by atoms with Crippen LogP contribution >= 0.6 is 23.5 Å². The normalized spacial score (nSPS) is 27.9. The molecule has 0 spiro atoms. The van der Waals surface area contributed by atoms with Gasteiger partial charge in [0.1, 0.15) is 0 Å². The van der Waals surface area contributed by atoms with Gasteiger partial charge in [-0.2, -0.15) is 11.8 Å². The second-order valence-electron chi connectivity index (χ2n) is 5.97. The Balaban J connectivity index is 1.69. The number of amides is 2. The fourth-order valence-electron chi connectivity index (χ4n) is 2.84. The molecular weight excluding hydrogens is 328 g/mol. The maximum absolute atomic E-state index is 12.5. The highest BCUT2D eigenvalue weighted by Gasteiger charge is 2.31. The Hall–Kier alpha value is -0.890. The molecule has 7 heteroatoms. The quantitative estimate of drug-likeness (QED) is 0.781. The van der Waals surface area contributed by atoms with Crippen molar-refractivity contribution in [1.82, 2.24) is 15.8 Å². The number of carbonyl (C=O) groups excluding carboxylic acids is 1. The lowest BCUT2D eigenvalue weighted by atomic mass is 10.2. The number of rotatable bonds is 3. The van der Waals surface area contributed by atoms with Crippen molar-refractivity contribution in [2.75, 3.05) is 29.9 Å². The summed E-state index contributed by atoms with van der Waals surface area (Å²) in [5.74, 6) is 2.05. The molecule has 2 heterocycles. The molecule has 2 aliphatic rings. The summed E-state index contributed by atoms with van der Waals surface area (Å²) in [7, 11) is 0. The maximum Gasteiger partial charge on any atom is 0.321 e. The van der Waals surface area contributed by atoms with Crippen molar-refractivity contribution in [3.05, 3.63) is 24.3 Å². The lowest BCUT2D eigenvalue weighted by molar-refractivity contribution is 0.217. The van der Waals surface area contributed by atoms with Crippen molar-refractivity contribution < 1.29 is 4.79 Å². The van der Waals surface area contributed by atoms with Crippen molar-refractivity contribution in [3.63, 3.8) is 0 Å². The van der Waals surface area contributed by atoms with E-state index in [2.05, 4.69) is 36.1 Å². The fourth-order valence-corrected chi connectivity index (χ4v) is 4.99. The van der Waals surface area contributed by atoms with Gasteiger partial charge < -0.3 is 10.2 Å². The molecule has 0 aromatic heterocycles. The smallest absolute Gasteiger partial charge is 0.321 e. The summed E-state index contributed by atoms with van der Waals surface area (Å²) in [6.07, 6.45) is 0. The summed E-state index contributed by atoms with van der Waals surface area (Å²) in [6, 6.07) is 8.87. The standard InChI is InChI=1S/C16H24N4OS2/c1-11-15(12(2)19-18-11)23-14-6-4-3-5-13(14)17-16(21)20-7-9-22-10-8-20/h3-6,11-12,15,18-19H,7-10H2,1-2H3,(H,17,21). The second kappa shape index (κ2) is 7.79. The van der Waals surface area contributed by atoms with E-state index in [0.29, 0.717) is 17.3 Å². The average molecular weight is 353 g/mol. The van der Waals surface area contributed by atoms with Gasteiger partial charge in [0.2, 0.25) is 0 Å². The molecule has 0 saturated carbocycles. The number of nitrogens with one attached hydrogen (secondary N) is 3. The zero-order valence-corrected chi connectivity index (χ0v) is 15.2. The first kappa shape index (κ1) is 17.0. The average Bonchev–Trinajstić information content (AvgIpc) is 2.89. The van der Waals surface area contributed by atoms with Gasteiger partial charge in [0.15, 0.2) is 0 Å². The summed E-state index contributed by atoms with van der Waals surface area (Å²) in [5, 5.41) is 3.53. The number of hydrazine groups is 1. The minimum atomic E-state index is 0.0159. The van der Waals surface area contributed by atoms with Crippen LogP contribution < -0.4 is 16.2 Å². The number of anilines is 1. The van der Waals surface area contributed by atoms with Crippen LogP contribution in [0.3, 0.4) is 0 Å². The zero-order valence-electron chi connectivity index (χ0n) is 13.5. The van der Waals surface area contributed by atoms with Gasteiger partial charge in [-0.15, -0.1) is 11.8 Å². The number of thioether (sulfide) groups is 2. The van der Waals surface area contributed by atoms with E-state index in [-0.39, 0.29) is 6.03 Å². The molecule has 2 saturated heterocycles. The first-order valence-electron chi connectivity index (χ1n) is 8.05. The Morgan fingerprint density at radius 2 is 1.87 bits per heavy atom. The molecule has 0 bridgehead atoms. The van der Waals surface area contributed by atoms with Gasteiger partial charge in [0.25, 0.3) is 0 Å². The van der Waals surface area contributed by atoms with Crippen molar-refractivity contribution >= 4 is 35.2 Å². The highest BCUT2D eigenvalue weighted by molar-refractivity contribution is 8.00. The Labute approximate surface area is 146 Å². The van der Waals surface area contributed by atoms with E-state index in [1.807, 2.05) is 46.6 Å². The van der Waals surface area contributed by atoms with E-state index in [0.717, 1.165) is 35.2 Å². The summed E-state index contributed by atoms with van der Waals surface area (Å²) in [5.41, 5.74) is 7.47. The number of urea groups is 1. The fraction of sp³-hybridized carbons (Fsp3) is 0.562. The molecule has 3 rings (SSSR count). The second-order valence-corrected chi connectivity index (χ2v) is 8.42. The number of hydrogen-bond acceptors (Lipinski definition) is 5. The summed E-state index contributed by atoms with van der Waals surface area (Å²) >= 11 is 3.73. The van der Waals surface area contributed by atoms with E-state index < -0.39 is 0 Å². The molecular formula is C16H24N4OS2. The molecule has 2 unspecified atom stereocenters. The molecule has 1 aromatic carbocycles. The molecule has 3 N–H and O–H groups in total. The van der Waals surface area contributed by atoms with Crippen LogP contribution in [0.25, 0.3) is 0 Å². The number of benzene rings is 1. The molecule has 0 radical (unpaired) electrons. The Kier molecular flexibility index (Phi) is 5.74. The largest absolute Gasteiger partial charge is 0.323 e. The van der Waals surface area contributed by atoms with Gasteiger partial charge in [0, 0.05) is 46.8 Å². The lowest BCUT2D eigenvalue weighted by Crippen LogP contribution is -2.40. The van der Waals surface area contributed by atoms with E-state index in [1.165, 1.54) is 0 Å². The third-order valence-electron chi connectivity index (χ3n) is 4.21. The Bertz CT molecular complexity index is 541. The summed E-state index contributed by atoms with van der Waals surface area (Å²) in [4.78, 5) is 15.5.